The highest BCUT2D eigenvalue weighted by Gasteiger charge is 2.28. The minimum atomic E-state index is -0.699. The Bertz CT molecular complexity index is 847. The first kappa shape index (κ1) is 27.4. The van der Waals surface area contributed by atoms with Gasteiger partial charge in [0.05, 0.1) is 31.8 Å². The molecular formula is C23H36FN5O5. The van der Waals surface area contributed by atoms with E-state index in [2.05, 4.69) is 15.3 Å². The van der Waals surface area contributed by atoms with Gasteiger partial charge in [0, 0.05) is 26.4 Å². The molecule has 1 fully saturated rings. The van der Waals surface area contributed by atoms with Gasteiger partial charge in [0.25, 0.3) is 0 Å². The normalized spacial score (nSPS) is 15.5. The fourth-order valence-electron chi connectivity index (χ4n) is 4.37. The summed E-state index contributed by atoms with van der Waals surface area (Å²) in [6, 6.07) is -0.0576. The molecule has 3 amide bonds. The summed E-state index contributed by atoms with van der Waals surface area (Å²) < 4.78 is 20.4. The second-order valence-electron chi connectivity index (χ2n) is 8.99. The lowest BCUT2D eigenvalue weighted by atomic mass is 9.92. The second kappa shape index (κ2) is 13.2. The summed E-state index contributed by atoms with van der Waals surface area (Å²) in [7, 11) is 4.64. The largest absolute Gasteiger partial charge is 0.467 e. The predicted molar refractivity (Wildman–Crippen MR) is 121 cm³/mol. The summed E-state index contributed by atoms with van der Waals surface area (Å²) in [5.74, 6) is -1.98. The summed E-state index contributed by atoms with van der Waals surface area (Å²) in [4.78, 5) is 45.7. The predicted octanol–water partition coefficient (Wildman–Crippen LogP) is 1.94. The van der Waals surface area contributed by atoms with Crippen molar-refractivity contribution in [3.8, 4) is 6.01 Å². The van der Waals surface area contributed by atoms with Crippen molar-refractivity contribution in [2.45, 2.75) is 58.4 Å². The molecule has 190 valence electrons. The number of methoxy groups -OCH3 is 1. The second-order valence-corrected chi connectivity index (χ2v) is 8.99. The summed E-state index contributed by atoms with van der Waals surface area (Å²) in [6.07, 6.45) is 5.56. The van der Waals surface area contributed by atoms with Crippen LogP contribution in [0.5, 0.6) is 6.01 Å². The fraction of sp³-hybridized carbons (Fsp3) is 0.696. The number of amides is 3. The molecule has 2 atom stereocenters. The van der Waals surface area contributed by atoms with E-state index in [0.29, 0.717) is 23.8 Å². The van der Waals surface area contributed by atoms with Crippen molar-refractivity contribution < 1.29 is 28.7 Å². The first-order valence-corrected chi connectivity index (χ1v) is 11.7. The van der Waals surface area contributed by atoms with Gasteiger partial charge in [0.2, 0.25) is 18.2 Å². The molecule has 1 aliphatic rings. The molecule has 10 nitrogen and oxygen atoms in total. The SMILES string of the molecule is CC[C@H](Cc1nc(OC)nc(CNC(=O)[C@H](CC2CCCC2)CN(O)C=O)c1F)C(=O)N(C)C. The van der Waals surface area contributed by atoms with Crippen molar-refractivity contribution in [2.75, 3.05) is 27.7 Å². The van der Waals surface area contributed by atoms with E-state index in [4.69, 9.17) is 4.74 Å². The number of rotatable bonds is 13. The lowest BCUT2D eigenvalue weighted by Gasteiger charge is -2.22. The Hall–Kier alpha value is -2.82. The molecule has 1 aromatic rings. The van der Waals surface area contributed by atoms with Gasteiger partial charge in [0.15, 0.2) is 5.82 Å². The molecule has 0 unspecified atom stereocenters. The van der Waals surface area contributed by atoms with Crippen LogP contribution in [0.4, 0.5) is 4.39 Å². The van der Waals surface area contributed by atoms with E-state index in [0.717, 1.165) is 25.7 Å². The molecule has 1 aromatic heterocycles. The van der Waals surface area contributed by atoms with Crippen molar-refractivity contribution in [2.24, 2.45) is 17.8 Å². The maximum absolute atomic E-state index is 15.2. The number of nitrogens with one attached hydrogen (secondary N) is 1. The number of hydrogen-bond acceptors (Lipinski definition) is 7. The van der Waals surface area contributed by atoms with Crippen LogP contribution < -0.4 is 10.1 Å². The van der Waals surface area contributed by atoms with Crippen LogP contribution >= 0.6 is 0 Å². The molecule has 1 saturated carbocycles. The minimum absolute atomic E-state index is 0.0446. The van der Waals surface area contributed by atoms with Crippen molar-refractivity contribution in [1.29, 1.82) is 0 Å². The zero-order valence-corrected chi connectivity index (χ0v) is 20.4. The lowest BCUT2D eigenvalue weighted by Crippen LogP contribution is -2.38. The molecule has 34 heavy (non-hydrogen) atoms. The Morgan fingerprint density at radius 3 is 2.44 bits per heavy atom. The third kappa shape index (κ3) is 7.61. The van der Waals surface area contributed by atoms with Gasteiger partial charge in [-0.2, -0.15) is 9.97 Å². The van der Waals surface area contributed by atoms with Gasteiger partial charge in [-0.05, 0) is 18.8 Å². The maximum Gasteiger partial charge on any atom is 0.316 e. The smallest absolute Gasteiger partial charge is 0.316 e. The van der Waals surface area contributed by atoms with Crippen LogP contribution in [0.15, 0.2) is 0 Å². The van der Waals surface area contributed by atoms with Crippen LogP contribution in [0.3, 0.4) is 0 Å². The zero-order valence-electron chi connectivity index (χ0n) is 20.4. The van der Waals surface area contributed by atoms with Gasteiger partial charge in [-0.25, -0.2) is 9.45 Å². The molecule has 0 aliphatic heterocycles. The van der Waals surface area contributed by atoms with E-state index < -0.39 is 23.6 Å². The average molecular weight is 482 g/mol. The van der Waals surface area contributed by atoms with Gasteiger partial charge >= 0.3 is 6.01 Å². The Kier molecular flexibility index (Phi) is 10.6. The molecule has 0 saturated heterocycles. The molecular weight excluding hydrogens is 445 g/mol. The number of halogens is 1. The zero-order chi connectivity index (χ0) is 25.3. The standard InChI is InChI=1S/C23H36FN5O5/c1-5-16(22(32)28(2)3)11-18-20(24)19(27-23(26-18)34-4)12-25-21(31)17(13-29(33)14-30)10-15-8-6-7-9-15/h14-17,33H,5-13H2,1-4H3,(H,25,31)/t16-,17-/m1/s1. The molecule has 2 N–H and O–H groups in total. The first-order valence-electron chi connectivity index (χ1n) is 11.7. The number of carbonyl (C=O) groups excluding carboxylic acids is 3. The van der Waals surface area contributed by atoms with Crippen molar-refractivity contribution in [3.05, 3.63) is 17.2 Å². The van der Waals surface area contributed by atoms with E-state index in [1.165, 1.54) is 12.0 Å². The Morgan fingerprint density at radius 2 is 1.88 bits per heavy atom. The maximum atomic E-state index is 15.2. The van der Waals surface area contributed by atoms with Gasteiger partial charge in [0.1, 0.15) is 5.69 Å². The highest BCUT2D eigenvalue weighted by Crippen LogP contribution is 2.30. The van der Waals surface area contributed by atoms with Crippen LogP contribution in [-0.4, -0.2) is 71.1 Å². The van der Waals surface area contributed by atoms with Crippen LogP contribution in [-0.2, 0) is 27.3 Å². The third-order valence-corrected chi connectivity index (χ3v) is 6.30. The van der Waals surface area contributed by atoms with Crippen molar-refractivity contribution in [3.63, 3.8) is 0 Å². The number of carbonyl (C=O) groups is 3. The Balaban J connectivity index is 2.17. The molecule has 0 bridgehead atoms. The van der Waals surface area contributed by atoms with Gasteiger partial charge < -0.3 is 15.0 Å². The van der Waals surface area contributed by atoms with Crippen molar-refractivity contribution >= 4 is 18.2 Å². The van der Waals surface area contributed by atoms with E-state index in [-0.39, 0.29) is 49.2 Å². The fourth-order valence-corrected chi connectivity index (χ4v) is 4.37. The number of ether oxygens (including phenoxy) is 1. The van der Waals surface area contributed by atoms with Gasteiger partial charge in [-0.1, -0.05) is 32.6 Å². The van der Waals surface area contributed by atoms with Crippen LogP contribution in [0, 0.1) is 23.6 Å². The van der Waals surface area contributed by atoms with Crippen LogP contribution in [0.1, 0.15) is 56.8 Å². The summed E-state index contributed by atoms with van der Waals surface area (Å²) in [5, 5.41) is 12.8. The lowest BCUT2D eigenvalue weighted by molar-refractivity contribution is -0.155. The molecule has 2 rings (SSSR count). The molecule has 0 aromatic carbocycles. The molecule has 11 heteroatoms. The summed E-state index contributed by atoms with van der Waals surface area (Å²) in [5.41, 5.74) is -0.0126. The number of hydrogen-bond donors (Lipinski definition) is 2. The summed E-state index contributed by atoms with van der Waals surface area (Å²) >= 11 is 0. The van der Waals surface area contributed by atoms with Crippen LogP contribution in [0.25, 0.3) is 0 Å². The number of hydroxylamine groups is 2. The quantitative estimate of drug-likeness (QED) is 0.251. The van der Waals surface area contributed by atoms with Crippen molar-refractivity contribution in [1.82, 2.24) is 25.2 Å². The average Bonchev–Trinajstić information content (AvgIpc) is 3.34. The Morgan fingerprint density at radius 1 is 1.24 bits per heavy atom. The molecule has 0 spiro atoms. The summed E-state index contributed by atoms with van der Waals surface area (Å²) in [6.45, 7) is 1.48. The van der Waals surface area contributed by atoms with Gasteiger partial charge in [-0.3, -0.25) is 19.6 Å². The van der Waals surface area contributed by atoms with E-state index in [1.807, 2.05) is 6.92 Å². The van der Waals surface area contributed by atoms with E-state index in [1.54, 1.807) is 14.1 Å². The van der Waals surface area contributed by atoms with Crippen LogP contribution in [0.2, 0.25) is 0 Å². The number of nitrogens with zero attached hydrogens (tertiary/aromatic N) is 4. The minimum Gasteiger partial charge on any atom is -0.467 e. The van der Waals surface area contributed by atoms with E-state index >= 15 is 4.39 Å². The van der Waals surface area contributed by atoms with E-state index in [9.17, 15) is 19.6 Å². The first-order chi connectivity index (χ1) is 16.2. The highest BCUT2D eigenvalue weighted by atomic mass is 19.1. The monoisotopic (exact) mass is 481 g/mol. The van der Waals surface area contributed by atoms with Gasteiger partial charge in [-0.15, -0.1) is 0 Å². The number of aromatic nitrogens is 2. The molecule has 1 heterocycles. The Labute approximate surface area is 199 Å². The highest BCUT2D eigenvalue weighted by molar-refractivity contribution is 5.79. The molecule has 1 aliphatic carbocycles. The topological polar surface area (TPSA) is 125 Å². The third-order valence-electron chi connectivity index (χ3n) is 6.30. The molecule has 0 radical (unpaired) electrons.